The Labute approximate surface area is 189 Å². The SMILES string of the molecule is CN(C)c1cc(C(F)(F)F)nc(N2CCC3(CCN(Cc4c[nH]c5ccccc45)C3=O)C2)n1. The van der Waals surface area contributed by atoms with E-state index < -0.39 is 17.3 Å². The number of halogens is 3. The van der Waals surface area contributed by atoms with Crippen LogP contribution in [-0.4, -0.2) is 59.5 Å². The molecule has 3 aromatic rings. The molecular weight excluding hydrogens is 433 g/mol. The van der Waals surface area contributed by atoms with Crippen molar-refractivity contribution in [2.75, 3.05) is 43.5 Å². The van der Waals surface area contributed by atoms with Gasteiger partial charge in [0.15, 0.2) is 5.69 Å². The first kappa shape index (κ1) is 21.5. The number of nitrogens with one attached hydrogen (secondary N) is 1. The summed E-state index contributed by atoms with van der Waals surface area (Å²) in [5.41, 5.74) is 0.500. The van der Waals surface area contributed by atoms with Gasteiger partial charge in [0.05, 0.1) is 5.41 Å². The second kappa shape index (κ2) is 7.64. The van der Waals surface area contributed by atoms with Crippen LogP contribution in [0.5, 0.6) is 0 Å². The molecule has 33 heavy (non-hydrogen) atoms. The van der Waals surface area contributed by atoms with Gasteiger partial charge in [0.1, 0.15) is 5.82 Å². The number of likely N-dealkylation sites (tertiary alicyclic amines) is 1. The van der Waals surface area contributed by atoms with Crippen LogP contribution in [0.25, 0.3) is 10.9 Å². The first-order chi connectivity index (χ1) is 15.7. The molecule has 2 fully saturated rings. The standard InChI is InChI=1S/C23H25F3N6O/c1-30(2)19-11-18(23(24,25)26)28-21(29-19)32-10-8-22(14-32)7-9-31(20(22)33)13-15-12-27-17-6-4-3-5-16(15)17/h3-6,11-12,27H,7-10,13-14H2,1-2H3. The number of benzene rings is 1. The molecule has 7 nitrogen and oxygen atoms in total. The number of rotatable bonds is 4. The third-order valence-electron chi connectivity index (χ3n) is 6.72. The molecule has 1 atom stereocenters. The molecule has 0 radical (unpaired) electrons. The topological polar surface area (TPSA) is 68.4 Å². The van der Waals surface area contributed by atoms with Crippen LogP contribution in [0.4, 0.5) is 24.9 Å². The van der Waals surface area contributed by atoms with Crippen molar-refractivity contribution in [3.63, 3.8) is 0 Å². The van der Waals surface area contributed by atoms with Gasteiger partial charge in [-0.25, -0.2) is 4.98 Å². The van der Waals surface area contributed by atoms with Gasteiger partial charge in [0.25, 0.3) is 0 Å². The van der Waals surface area contributed by atoms with Crippen molar-refractivity contribution in [3.05, 3.63) is 47.8 Å². The zero-order chi connectivity index (χ0) is 23.4. The molecule has 0 saturated carbocycles. The number of nitrogens with zero attached hydrogens (tertiary/aromatic N) is 5. The molecule has 0 aliphatic carbocycles. The van der Waals surface area contributed by atoms with Crippen molar-refractivity contribution >= 4 is 28.6 Å². The normalized spacial score (nSPS) is 21.1. The summed E-state index contributed by atoms with van der Waals surface area (Å²) in [6.45, 7) is 1.90. The summed E-state index contributed by atoms with van der Waals surface area (Å²) in [4.78, 5) is 29.9. The summed E-state index contributed by atoms with van der Waals surface area (Å²) in [5.74, 6) is 0.260. The number of carbonyl (C=O) groups excluding carboxylic acids is 1. The van der Waals surface area contributed by atoms with Gasteiger partial charge in [-0.15, -0.1) is 0 Å². The minimum absolute atomic E-state index is 0.0216. The predicted octanol–water partition coefficient (Wildman–Crippen LogP) is 3.67. The number of alkyl halides is 3. The molecule has 2 aliphatic rings. The van der Waals surface area contributed by atoms with Crippen LogP contribution >= 0.6 is 0 Å². The van der Waals surface area contributed by atoms with Crippen LogP contribution in [-0.2, 0) is 17.5 Å². The molecule has 174 valence electrons. The van der Waals surface area contributed by atoms with Crippen molar-refractivity contribution in [3.8, 4) is 0 Å². The van der Waals surface area contributed by atoms with Crippen LogP contribution < -0.4 is 9.80 Å². The van der Waals surface area contributed by atoms with E-state index in [9.17, 15) is 18.0 Å². The molecule has 2 aromatic heterocycles. The maximum atomic E-state index is 13.4. The molecule has 5 rings (SSSR count). The zero-order valence-corrected chi connectivity index (χ0v) is 18.5. The Morgan fingerprint density at radius 2 is 1.91 bits per heavy atom. The molecule has 0 bridgehead atoms. The Bertz CT molecular complexity index is 1210. The van der Waals surface area contributed by atoms with Crippen molar-refractivity contribution in [2.24, 2.45) is 5.41 Å². The maximum absolute atomic E-state index is 13.4. The van der Waals surface area contributed by atoms with Gasteiger partial charge in [0.2, 0.25) is 11.9 Å². The van der Waals surface area contributed by atoms with Crippen LogP contribution in [0.15, 0.2) is 36.5 Å². The molecule has 1 amide bonds. The third kappa shape index (κ3) is 3.77. The third-order valence-corrected chi connectivity index (χ3v) is 6.72. The number of fused-ring (bicyclic) bond motifs is 1. The summed E-state index contributed by atoms with van der Waals surface area (Å²) in [7, 11) is 3.28. The van der Waals surface area contributed by atoms with E-state index in [0.717, 1.165) is 22.5 Å². The van der Waals surface area contributed by atoms with E-state index in [2.05, 4.69) is 15.0 Å². The Hall–Kier alpha value is -3.30. The summed E-state index contributed by atoms with van der Waals surface area (Å²) in [6, 6.07) is 8.90. The average Bonchev–Trinajstić information content (AvgIpc) is 3.48. The summed E-state index contributed by atoms with van der Waals surface area (Å²) in [6.07, 6.45) is -1.39. The Morgan fingerprint density at radius 3 is 2.67 bits per heavy atom. The van der Waals surface area contributed by atoms with E-state index in [0.29, 0.717) is 39.0 Å². The lowest BCUT2D eigenvalue weighted by Gasteiger charge is -2.24. The fourth-order valence-corrected chi connectivity index (χ4v) is 4.87. The molecular formula is C23H25F3N6O. The first-order valence-corrected chi connectivity index (χ1v) is 10.9. The van der Waals surface area contributed by atoms with Crippen LogP contribution in [0.1, 0.15) is 24.1 Å². The summed E-state index contributed by atoms with van der Waals surface area (Å²) >= 11 is 0. The zero-order valence-electron chi connectivity index (χ0n) is 18.5. The number of amides is 1. The van der Waals surface area contributed by atoms with Gasteiger partial charge in [-0.2, -0.15) is 18.2 Å². The number of anilines is 2. The lowest BCUT2D eigenvalue weighted by Crippen LogP contribution is -2.37. The fraction of sp³-hybridized carbons (Fsp3) is 0.435. The smallest absolute Gasteiger partial charge is 0.363 e. The van der Waals surface area contributed by atoms with Gasteiger partial charge in [-0.1, -0.05) is 18.2 Å². The fourth-order valence-electron chi connectivity index (χ4n) is 4.87. The minimum Gasteiger partial charge on any atom is -0.363 e. The van der Waals surface area contributed by atoms with Crippen molar-refractivity contribution in [1.82, 2.24) is 19.9 Å². The molecule has 10 heteroatoms. The molecule has 1 unspecified atom stereocenters. The second-order valence-electron chi connectivity index (χ2n) is 9.09. The number of H-pyrrole nitrogens is 1. The first-order valence-electron chi connectivity index (χ1n) is 10.9. The van der Waals surface area contributed by atoms with E-state index in [1.807, 2.05) is 35.4 Å². The highest BCUT2D eigenvalue weighted by Gasteiger charge is 2.51. The highest BCUT2D eigenvalue weighted by molar-refractivity contribution is 5.88. The van der Waals surface area contributed by atoms with Crippen LogP contribution in [0.3, 0.4) is 0 Å². The van der Waals surface area contributed by atoms with Crippen LogP contribution in [0.2, 0.25) is 0 Å². The minimum atomic E-state index is -4.57. The highest BCUT2D eigenvalue weighted by atomic mass is 19.4. The number of para-hydroxylation sites is 1. The van der Waals surface area contributed by atoms with E-state index in [1.54, 1.807) is 19.0 Å². The van der Waals surface area contributed by atoms with Gasteiger partial charge < -0.3 is 19.7 Å². The predicted molar refractivity (Wildman–Crippen MR) is 119 cm³/mol. The maximum Gasteiger partial charge on any atom is 0.433 e. The number of carbonyl (C=O) groups is 1. The number of aromatic amines is 1. The van der Waals surface area contributed by atoms with Crippen molar-refractivity contribution in [2.45, 2.75) is 25.6 Å². The number of hydrogen-bond donors (Lipinski definition) is 1. The largest absolute Gasteiger partial charge is 0.433 e. The molecule has 2 saturated heterocycles. The number of hydrogen-bond acceptors (Lipinski definition) is 5. The Balaban J connectivity index is 1.36. The lowest BCUT2D eigenvalue weighted by atomic mass is 9.85. The summed E-state index contributed by atoms with van der Waals surface area (Å²) in [5, 5.41) is 1.09. The van der Waals surface area contributed by atoms with E-state index in [4.69, 9.17) is 0 Å². The van der Waals surface area contributed by atoms with E-state index in [-0.39, 0.29) is 17.7 Å². The Morgan fingerprint density at radius 1 is 1.15 bits per heavy atom. The van der Waals surface area contributed by atoms with Crippen molar-refractivity contribution < 1.29 is 18.0 Å². The summed E-state index contributed by atoms with van der Waals surface area (Å²) < 4.78 is 40.2. The molecule has 1 spiro atoms. The molecule has 4 heterocycles. The second-order valence-corrected chi connectivity index (χ2v) is 9.09. The van der Waals surface area contributed by atoms with Gasteiger partial charge >= 0.3 is 6.18 Å². The average molecular weight is 458 g/mol. The van der Waals surface area contributed by atoms with Gasteiger partial charge in [-0.3, -0.25) is 4.79 Å². The van der Waals surface area contributed by atoms with Crippen LogP contribution in [0, 0.1) is 5.41 Å². The van der Waals surface area contributed by atoms with Crippen molar-refractivity contribution in [1.29, 1.82) is 0 Å². The van der Waals surface area contributed by atoms with E-state index in [1.165, 1.54) is 4.90 Å². The highest BCUT2D eigenvalue weighted by Crippen LogP contribution is 2.43. The van der Waals surface area contributed by atoms with Gasteiger partial charge in [-0.05, 0) is 24.5 Å². The molecule has 2 aliphatic heterocycles. The number of aromatic nitrogens is 3. The Kier molecular flexibility index (Phi) is 4.98. The monoisotopic (exact) mass is 458 g/mol. The van der Waals surface area contributed by atoms with Gasteiger partial charge in [0, 0.05) is 63.4 Å². The molecule has 1 aromatic carbocycles. The lowest BCUT2D eigenvalue weighted by molar-refractivity contribution is -0.141. The van der Waals surface area contributed by atoms with E-state index >= 15 is 0 Å². The molecule has 1 N–H and O–H groups in total. The quantitative estimate of drug-likeness (QED) is 0.646.